The van der Waals surface area contributed by atoms with Crippen LogP contribution >= 0.6 is 0 Å². The number of carbonyl (C=O) groups excluding carboxylic acids is 1. The molecule has 16 heavy (non-hydrogen) atoms. The van der Waals surface area contributed by atoms with Gasteiger partial charge in [0.25, 0.3) is 5.91 Å². The third kappa shape index (κ3) is 5.47. The van der Waals surface area contributed by atoms with Gasteiger partial charge >= 0.3 is 0 Å². The molecule has 0 unspecified atom stereocenters. The van der Waals surface area contributed by atoms with Crippen molar-refractivity contribution in [3.8, 4) is 0 Å². The molecule has 6 heteroatoms. The smallest absolute Gasteiger partial charge is 0.258 e. The largest absolute Gasteiger partial charge is 0.272 e. The van der Waals surface area contributed by atoms with E-state index < -0.39 is 21.5 Å². The van der Waals surface area contributed by atoms with Crippen LogP contribution in [0.1, 0.15) is 5.56 Å². The first-order valence-electron chi connectivity index (χ1n) is 4.59. The molecular formula is C10H13NO4S. The van der Waals surface area contributed by atoms with Crippen LogP contribution in [0.2, 0.25) is 0 Å². The number of carbonyl (C=O) groups is 1. The third-order valence-corrected chi connectivity index (χ3v) is 2.45. The molecule has 1 aromatic rings. The Morgan fingerprint density at radius 2 is 1.94 bits per heavy atom. The van der Waals surface area contributed by atoms with E-state index in [1.54, 1.807) is 0 Å². The zero-order chi connectivity index (χ0) is 12.0. The number of hydroxylamine groups is 1. The van der Waals surface area contributed by atoms with Gasteiger partial charge in [0.2, 0.25) is 0 Å². The summed E-state index contributed by atoms with van der Waals surface area (Å²) in [7, 11) is -3.31. The third-order valence-electron chi connectivity index (χ3n) is 1.66. The van der Waals surface area contributed by atoms with Crippen molar-refractivity contribution < 1.29 is 18.0 Å². The summed E-state index contributed by atoms with van der Waals surface area (Å²) in [6, 6.07) is 9.23. The molecule has 0 bridgehead atoms. The van der Waals surface area contributed by atoms with Crippen LogP contribution in [0, 0.1) is 0 Å². The van der Waals surface area contributed by atoms with Gasteiger partial charge in [-0.15, -0.1) is 0 Å². The monoisotopic (exact) mass is 243 g/mol. The summed E-state index contributed by atoms with van der Waals surface area (Å²) in [5, 5.41) is 0. The minimum Gasteiger partial charge on any atom is -0.272 e. The van der Waals surface area contributed by atoms with Crippen LogP contribution in [-0.2, 0) is 26.1 Å². The number of hydrogen-bond acceptors (Lipinski definition) is 4. The molecule has 0 radical (unpaired) electrons. The quantitative estimate of drug-likeness (QED) is 0.754. The molecular weight excluding hydrogens is 230 g/mol. The summed E-state index contributed by atoms with van der Waals surface area (Å²) in [4.78, 5) is 15.9. The van der Waals surface area contributed by atoms with Crippen molar-refractivity contribution in [1.82, 2.24) is 5.48 Å². The SMILES string of the molecule is CS(=O)(=O)CC(=O)NOCc1ccccc1. The van der Waals surface area contributed by atoms with Crippen molar-refractivity contribution in [3.63, 3.8) is 0 Å². The first kappa shape index (κ1) is 12.7. The van der Waals surface area contributed by atoms with E-state index in [1.807, 2.05) is 30.3 Å². The number of amides is 1. The highest BCUT2D eigenvalue weighted by Crippen LogP contribution is 1.98. The topological polar surface area (TPSA) is 72.5 Å². The fourth-order valence-corrected chi connectivity index (χ4v) is 1.58. The van der Waals surface area contributed by atoms with E-state index in [9.17, 15) is 13.2 Å². The lowest BCUT2D eigenvalue weighted by molar-refractivity contribution is -0.131. The zero-order valence-electron chi connectivity index (χ0n) is 8.84. The molecule has 1 amide bonds. The molecule has 0 aromatic heterocycles. The van der Waals surface area contributed by atoms with Crippen LogP contribution in [0.4, 0.5) is 0 Å². The van der Waals surface area contributed by atoms with Crippen molar-refractivity contribution in [2.75, 3.05) is 12.0 Å². The average molecular weight is 243 g/mol. The summed E-state index contributed by atoms with van der Waals surface area (Å²) < 4.78 is 21.5. The lowest BCUT2D eigenvalue weighted by Gasteiger charge is -2.04. The predicted octanol–water partition coefficient (Wildman–Crippen LogP) is 0.279. The second kappa shape index (κ2) is 5.62. The van der Waals surface area contributed by atoms with E-state index in [4.69, 9.17) is 4.84 Å². The molecule has 1 aromatic carbocycles. The summed E-state index contributed by atoms with van der Waals surface area (Å²) in [6.45, 7) is 0.205. The van der Waals surface area contributed by atoms with Crippen LogP contribution in [0.5, 0.6) is 0 Å². The fourth-order valence-electron chi connectivity index (χ4n) is 1.04. The van der Waals surface area contributed by atoms with Gasteiger partial charge in [-0.2, -0.15) is 0 Å². The molecule has 0 saturated heterocycles. The fraction of sp³-hybridized carbons (Fsp3) is 0.300. The van der Waals surface area contributed by atoms with E-state index in [0.717, 1.165) is 11.8 Å². The molecule has 0 fully saturated rings. The Bertz CT molecular complexity index is 441. The molecule has 0 spiro atoms. The molecule has 88 valence electrons. The Balaban J connectivity index is 2.29. The van der Waals surface area contributed by atoms with Gasteiger partial charge < -0.3 is 0 Å². The number of hydrogen-bond donors (Lipinski definition) is 1. The van der Waals surface area contributed by atoms with Crippen molar-refractivity contribution in [1.29, 1.82) is 0 Å². The van der Waals surface area contributed by atoms with E-state index >= 15 is 0 Å². The average Bonchev–Trinajstić information content (AvgIpc) is 2.16. The van der Waals surface area contributed by atoms with Gasteiger partial charge in [-0.1, -0.05) is 30.3 Å². The summed E-state index contributed by atoms with van der Waals surface area (Å²) >= 11 is 0. The van der Waals surface area contributed by atoms with Gasteiger partial charge in [-0.25, -0.2) is 13.9 Å². The van der Waals surface area contributed by atoms with Gasteiger partial charge in [0.1, 0.15) is 5.75 Å². The minimum atomic E-state index is -3.31. The van der Waals surface area contributed by atoms with Gasteiger partial charge in [0, 0.05) is 6.26 Å². The second-order valence-corrected chi connectivity index (χ2v) is 5.51. The van der Waals surface area contributed by atoms with Crippen molar-refractivity contribution >= 4 is 15.7 Å². The van der Waals surface area contributed by atoms with Crippen LogP contribution < -0.4 is 5.48 Å². The van der Waals surface area contributed by atoms with Gasteiger partial charge in [0.15, 0.2) is 9.84 Å². The maximum Gasteiger partial charge on any atom is 0.258 e. The van der Waals surface area contributed by atoms with E-state index in [0.29, 0.717) is 0 Å². The van der Waals surface area contributed by atoms with E-state index in [1.165, 1.54) is 0 Å². The van der Waals surface area contributed by atoms with E-state index in [2.05, 4.69) is 5.48 Å². The van der Waals surface area contributed by atoms with Gasteiger partial charge in [0.05, 0.1) is 6.61 Å². The Morgan fingerprint density at radius 1 is 1.31 bits per heavy atom. The van der Waals surface area contributed by atoms with Crippen molar-refractivity contribution in [3.05, 3.63) is 35.9 Å². The highest BCUT2D eigenvalue weighted by molar-refractivity contribution is 7.91. The first-order chi connectivity index (χ1) is 7.47. The number of benzene rings is 1. The lowest BCUT2D eigenvalue weighted by Crippen LogP contribution is -2.29. The van der Waals surface area contributed by atoms with Crippen LogP contribution in [0.15, 0.2) is 30.3 Å². The number of nitrogens with one attached hydrogen (secondary N) is 1. The Hall–Kier alpha value is -1.40. The Labute approximate surface area is 94.3 Å². The zero-order valence-corrected chi connectivity index (χ0v) is 9.66. The molecule has 0 heterocycles. The normalized spacial score (nSPS) is 11.1. The molecule has 1 N–H and O–H groups in total. The van der Waals surface area contributed by atoms with Crippen LogP contribution in [0.25, 0.3) is 0 Å². The van der Waals surface area contributed by atoms with Gasteiger partial charge in [-0.05, 0) is 5.56 Å². The maximum atomic E-state index is 11.0. The molecule has 0 aliphatic carbocycles. The maximum absolute atomic E-state index is 11.0. The van der Waals surface area contributed by atoms with Crippen molar-refractivity contribution in [2.24, 2.45) is 0 Å². The first-order valence-corrected chi connectivity index (χ1v) is 6.66. The summed E-state index contributed by atoms with van der Waals surface area (Å²) in [5.74, 6) is -1.24. The standard InChI is InChI=1S/C10H13NO4S/c1-16(13,14)8-10(12)11-15-7-9-5-3-2-4-6-9/h2-6H,7-8H2,1H3,(H,11,12). The van der Waals surface area contributed by atoms with Crippen LogP contribution in [0.3, 0.4) is 0 Å². The second-order valence-electron chi connectivity index (χ2n) is 3.37. The van der Waals surface area contributed by atoms with Crippen molar-refractivity contribution in [2.45, 2.75) is 6.61 Å². The molecule has 0 aliphatic rings. The Kier molecular flexibility index (Phi) is 4.45. The molecule has 5 nitrogen and oxygen atoms in total. The number of sulfone groups is 1. The Morgan fingerprint density at radius 3 is 2.50 bits per heavy atom. The highest BCUT2D eigenvalue weighted by Gasteiger charge is 2.10. The number of rotatable bonds is 5. The summed E-state index contributed by atoms with van der Waals surface area (Å²) in [5.41, 5.74) is 2.96. The molecule has 0 saturated carbocycles. The molecule has 0 aliphatic heterocycles. The van der Waals surface area contributed by atoms with Gasteiger partial charge in [-0.3, -0.25) is 9.63 Å². The van der Waals surface area contributed by atoms with Crippen LogP contribution in [-0.4, -0.2) is 26.3 Å². The summed E-state index contributed by atoms with van der Waals surface area (Å²) in [6.07, 6.45) is 0.990. The minimum absolute atomic E-state index is 0.205. The van der Waals surface area contributed by atoms with E-state index in [-0.39, 0.29) is 6.61 Å². The molecule has 0 atom stereocenters. The molecule has 1 rings (SSSR count). The highest BCUT2D eigenvalue weighted by atomic mass is 32.2. The lowest BCUT2D eigenvalue weighted by atomic mass is 10.2. The predicted molar refractivity (Wildman–Crippen MR) is 59.1 cm³/mol.